The summed E-state index contributed by atoms with van der Waals surface area (Å²) >= 11 is 0. The smallest absolute Gasteiger partial charge is 0.295 e. The first-order valence-corrected chi connectivity index (χ1v) is 19.4. The average Bonchev–Trinajstić information content (AvgIpc) is 3.06. The van der Waals surface area contributed by atoms with E-state index in [-0.39, 0.29) is 127 Å². The number of nitrogens with zero attached hydrogens (tertiary/aromatic N) is 4. The Morgan fingerprint density at radius 2 is 0.964 bits per heavy atom. The number of rotatable bonds is 8. The van der Waals surface area contributed by atoms with Gasteiger partial charge in [-0.1, -0.05) is 24.3 Å². The zero-order valence-corrected chi connectivity index (χ0v) is 38.8. The van der Waals surface area contributed by atoms with Crippen LogP contribution in [-0.2, 0) is 30.4 Å². The van der Waals surface area contributed by atoms with Gasteiger partial charge in [0.1, 0.15) is 27.8 Å². The van der Waals surface area contributed by atoms with Gasteiger partial charge in [-0.05, 0) is 101 Å². The topological polar surface area (TPSA) is 279 Å². The molecule has 16 nitrogen and oxygen atoms in total. The van der Waals surface area contributed by atoms with Crippen molar-refractivity contribution in [3.05, 3.63) is 96.1 Å². The van der Waals surface area contributed by atoms with Crippen molar-refractivity contribution < 1.29 is 49.1 Å². The number of phenols is 2. The minimum Gasteiger partial charge on any atom is -0.507 e. The molecule has 0 aliphatic carbocycles. The molecule has 6 aromatic carbocycles. The van der Waals surface area contributed by atoms with Crippen LogP contribution in [-0.4, -0.2) is 138 Å². The minimum absolute atomic E-state index is 0. The van der Waals surface area contributed by atoms with E-state index in [0.29, 0.717) is 28.6 Å². The van der Waals surface area contributed by atoms with Gasteiger partial charge in [0.05, 0.1) is 32.2 Å². The zero-order chi connectivity index (χ0) is 38.6. The molecule has 0 heterocycles. The van der Waals surface area contributed by atoms with Crippen molar-refractivity contribution in [1.82, 2.24) is 0 Å². The van der Waals surface area contributed by atoms with Gasteiger partial charge in [-0.25, -0.2) is 0 Å². The Kier molecular flexibility index (Phi) is 15.3. The Bertz CT molecular complexity index is 2950. The summed E-state index contributed by atoms with van der Waals surface area (Å²) in [6.45, 7) is 3.53. The fourth-order valence-electron chi connectivity index (χ4n) is 5.60. The molecule has 0 atom stereocenters. The van der Waals surface area contributed by atoms with Gasteiger partial charge >= 0.3 is 0 Å². The molecular formula is C34H27N5Na3O11S3. The summed E-state index contributed by atoms with van der Waals surface area (Å²) in [7, 11) is -14.5. The number of nitrogens with two attached hydrogens (primary N) is 1. The third kappa shape index (κ3) is 10.1. The molecule has 0 aromatic heterocycles. The zero-order valence-electron chi connectivity index (χ0n) is 30.4. The number of benzene rings is 6. The number of phenolic OH excluding ortho intramolecular Hbond substituents is 2. The number of nitrogen functional groups attached to an aromatic ring is 1. The van der Waals surface area contributed by atoms with Crippen LogP contribution in [0.2, 0.25) is 0 Å². The third-order valence-electron chi connectivity index (χ3n) is 8.20. The molecule has 0 saturated carbocycles. The normalized spacial score (nSPS) is 12.1. The second kappa shape index (κ2) is 18.0. The summed E-state index contributed by atoms with van der Waals surface area (Å²) in [5.41, 5.74) is 9.69. The summed E-state index contributed by atoms with van der Waals surface area (Å²) in [5.74, 6) is -0.980. The van der Waals surface area contributed by atoms with E-state index in [1.54, 1.807) is 44.2 Å². The second-order valence-corrected chi connectivity index (χ2v) is 16.1. The van der Waals surface area contributed by atoms with Gasteiger partial charge in [-0.15, -0.1) is 10.2 Å². The third-order valence-corrected chi connectivity index (χ3v) is 10.7. The molecule has 0 aliphatic heterocycles. The van der Waals surface area contributed by atoms with E-state index < -0.39 is 56.5 Å². The molecule has 7 N–H and O–H groups in total. The first-order chi connectivity index (χ1) is 24.7. The molecule has 56 heavy (non-hydrogen) atoms. The maximum absolute atomic E-state index is 12.2. The maximum atomic E-state index is 12.2. The Labute approximate surface area is 387 Å². The Morgan fingerprint density at radius 1 is 0.500 bits per heavy atom. The summed E-state index contributed by atoms with van der Waals surface area (Å²) in [4.78, 5) is -2.20. The number of aryl methyl sites for hydroxylation is 2. The van der Waals surface area contributed by atoms with E-state index in [1.807, 2.05) is 6.07 Å². The molecule has 3 radical (unpaired) electrons. The molecule has 0 fully saturated rings. The van der Waals surface area contributed by atoms with Crippen LogP contribution >= 0.6 is 0 Å². The van der Waals surface area contributed by atoms with Crippen LogP contribution in [0.3, 0.4) is 0 Å². The van der Waals surface area contributed by atoms with E-state index in [0.717, 1.165) is 29.3 Å². The van der Waals surface area contributed by atoms with Gasteiger partial charge in [0.2, 0.25) is 0 Å². The van der Waals surface area contributed by atoms with Gasteiger partial charge in [-0.2, -0.15) is 35.5 Å². The summed E-state index contributed by atoms with van der Waals surface area (Å²) in [5, 5.41) is 38.0. The van der Waals surface area contributed by atoms with E-state index in [2.05, 4.69) is 20.5 Å². The fraction of sp³-hybridized carbons (Fsp3) is 0.0588. The number of hydrogen-bond acceptors (Lipinski definition) is 13. The van der Waals surface area contributed by atoms with E-state index in [1.165, 1.54) is 24.3 Å². The Hall–Kier alpha value is -2.83. The molecule has 275 valence electrons. The standard InChI is InChI=1S/C34H27N5O11S3.3Na/c1-17-11-19(4-8-26(17)36-38-33-25(35)7-3-21-13-23(51(42,43)44)15-29(41)31(21)33)20-5-9-27(18(2)12-20)37-39-34-28(40)10-6-22-14-24(52(45,46)47)16-30(32(22)34)53(48,49)50;;;/h3-16,40-41H,35H2,1-2H3,(H,42,43,44)(H,45,46,47)(H,48,49,50);;;. The van der Waals surface area contributed by atoms with Crippen molar-refractivity contribution in [3.8, 4) is 22.6 Å². The van der Waals surface area contributed by atoms with Crippen molar-refractivity contribution in [3.63, 3.8) is 0 Å². The number of aromatic hydroxyl groups is 2. The fourth-order valence-corrected chi connectivity index (χ4v) is 7.50. The van der Waals surface area contributed by atoms with Crippen molar-refractivity contribution in [2.24, 2.45) is 20.5 Å². The summed E-state index contributed by atoms with van der Waals surface area (Å²) < 4.78 is 99.9. The minimum atomic E-state index is -5.06. The van der Waals surface area contributed by atoms with Crippen molar-refractivity contribution in [2.45, 2.75) is 28.5 Å². The van der Waals surface area contributed by atoms with Crippen LogP contribution in [0.1, 0.15) is 11.1 Å². The maximum Gasteiger partial charge on any atom is 0.295 e. The molecule has 6 rings (SSSR count). The van der Waals surface area contributed by atoms with Gasteiger partial charge in [0.15, 0.2) is 0 Å². The monoisotopic (exact) mass is 846 g/mol. The average molecular weight is 847 g/mol. The molecule has 0 amide bonds. The number of fused-ring (bicyclic) bond motifs is 2. The molecular weight excluding hydrogens is 820 g/mol. The predicted molar refractivity (Wildman–Crippen MR) is 212 cm³/mol. The SMILES string of the molecule is Cc1cc(-c2ccc(N=Nc3c(O)ccc4cc(S(=O)(=O)O)cc(S(=O)(=O)O)c34)c(C)c2)ccc1N=Nc1c(N)ccc2cc(S(=O)(=O)O)cc(O)c12.[Na].[Na].[Na]. The number of hydrogen-bond donors (Lipinski definition) is 6. The van der Waals surface area contributed by atoms with Crippen LogP contribution in [0.5, 0.6) is 11.5 Å². The van der Waals surface area contributed by atoms with Crippen molar-refractivity contribution >= 4 is 169 Å². The molecule has 0 saturated heterocycles. The van der Waals surface area contributed by atoms with E-state index >= 15 is 0 Å². The van der Waals surface area contributed by atoms with Crippen LogP contribution in [0.25, 0.3) is 32.7 Å². The van der Waals surface area contributed by atoms with Gasteiger partial charge in [0.25, 0.3) is 30.4 Å². The Balaban J connectivity index is 0.00000280. The van der Waals surface area contributed by atoms with Gasteiger partial charge < -0.3 is 15.9 Å². The number of azo groups is 2. The van der Waals surface area contributed by atoms with Crippen molar-refractivity contribution in [1.29, 1.82) is 0 Å². The predicted octanol–water partition coefficient (Wildman–Crippen LogP) is 6.70. The number of anilines is 1. The van der Waals surface area contributed by atoms with Crippen molar-refractivity contribution in [2.75, 3.05) is 5.73 Å². The summed E-state index contributed by atoms with van der Waals surface area (Å²) in [6, 6.07) is 19.3. The molecule has 6 aromatic rings. The Morgan fingerprint density at radius 3 is 1.45 bits per heavy atom. The van der Waals surface area contributed by atoms with Crippen LogP contribution in [0, 0.1) is 13.8 Å². The first kappa shape index (κ1) is 47.5. The largest absolute Gasteiger partial charge is 0.507 e. The quantitative estimate of drug-likeness (QED) is 0.0404. The van der Waals surface area contributed by atoms with Gasteiger partial charge in [0, 0.05) is 100 Å². The molecule has 0 unspecified atom stereocenters. The van der Waals surface area contributed by atoms with Crippen LogP contribution in [0.4, 0.5) is 28.4 Å². The molecule has 22 heteroatoms. The molecule has 0 aliphatic rings. The van der Waals surface area contributed by atoms with Crippen LogP contribution in [0.15, 0.2) is 120 Å². The second-order valence-electron chi connectivity index (χ2n) is 11.8. The van der Waals surface area contributed by atoms with Crippen LogP contribution < -0.4 is 5.73 Å². The van der Waals surface area contributed by atoms with E-state index in [4.69, 9.17) is 5.73 Å². The summed E-state index contributed by atoms with van der Waals surface area (Å²) in [6.07, 6.45) is 0. The molecule has 0 spiro atoms. The molecule has 0 bridgehead atoms. The van der Waals surface area contributed by atoms with Gasteiger partial charge in [-0.3, -0.25) is 13.7 Å². The van der Waals surface area contributed by atoms with E-state index in [9.17, 15) is 49.1 Å². The first-order valence-electron chi connectivity index (χ1n) is 15.0.